The minimum Gasteiger partial charge on any atom is -0.355 e. The molecule has 1 aliphatic rings. The Bertz CT molecular complexity index is 599. The second-order valence-corrected chi connectivity index (χ2v) is 7.23. The third-order valence-electron chi connectivity index (χ3n) is 3.62. The fraction of sp³-hybridized carbons (Fsp3) is 0.533. The number of benzene rings is 1. The van der Waals surface area contributed by atoms with E-state index >= 15 is 0 Å². The van der Waals surface area contributed by atoms with Crippen molar-refractivity contribution in [3.63, 3.8) is 0 Å². The zero-order valence-corrected chi connectivity index (χ0v) is 13.2. The van der Waals surface area contributed by atoms with Gasteiger partial charge in [-0.25, -0.2) is 8.42 Å². The number of rotatable bonds is 7. The number of amides is 1. The van der Waals surface area contributed by atoms with Crippen molar-refractivity contribution in [1.29, 1.82) is 0 Å². The average molecular weight is 310 g/mol. The molecule has 1 aromatic rings. The minimum absolute atomic E-state index is 0.0563. The first-order chi connectivity index (χ1) is 10.0. The molecule has 0 aromatic heterocycles. The highest BCUT2D eigenvalue weighted by Crippen LogP contribution is 2.29. The van der Waals surface area contributed by atoms with E-state index in [2.05, 4.69) is 5.32 Å². The molecule has 1 aliphatic heterocycles. The van der Waals surface area contributed by atoms with E-state index in [0.29, 0.717) is 13.0 Å². The molecule has 0 saturated carbocycles. The minimum atomic E-state index is -3.37. The van der Waals surface area contributed by atoms with Gasteiger partial charge in [0.05, 0.1) is 11.4 Å². The molecule has 21 heavy (non-hydrogen) atoms. The van der Waals surface area contributed by atoms with Crippen LogP contribution in [0.5, 0.6) is 0 Å². The smallest absolute Gasteiger partial charge is 0.236 e. The number of hydrogen-bond donors (Lipinski definition) is 1. The van der Waals surface area contributed by atoms with Gasteiger partial charge in [-0.05, 0) is 24.5 Å². The van der Waals surface area contributed by atoms with E-state index in [1.807, 2.05) is 31.2 Å². The van der Waals surface area contributed by atoms with Gasteiger partial charge in [-0.1, -0.05) is 31.5 Å². The van der Waals surface area contributed by atoms with Crippen LogP contribution in [-0.4, -0.2) is 33.2 Å². The normalized spacial score (nSPS) is 14.0. The zero-order chi connectivity index (χ0) is 15.3. The number of anilines is 1. The molecule has 0 spiro atoms. The number of carbonyl (C=O) groups excluding carboxylic acids is 1. The summed E-state index contributed by atoms with van der Waals surface area (Å²) in [6.45, 7) is 2.68. The van der Waals surface area contributed by atoms with Gasteiger partial charge in [0.25, 0.3) is 0 Å². The molecule has 0 fully saturated rings. The molecule has 6 heteroatoms. The second kappa shape index (κ2) is 6.93. The summed E-state index contributed by atoms with van der Waals surface area (Å²) in [5, 5.41) is 2.68. The topological polar surface area (TPSA) is 66.5 Å². The molecule has 1 heterocycles. The number of nitrogens with zero attached hydrogens (tertiary/aromatic N) is 1. The lowest BCUT2D eigenvalue weighted by Gasteiger charge is -2.19. The van der Waals surface area contributed by atoms with Crippen LogP contribution in [0.1, 0.15) is 31.7 Å². The maximum Gasteiger partial charge on any atom is 0.236 e. The maximum absolute atomic E-state index is 12.4. The molecule has 1 amide bonds. The van der Waals surface area contributed by atoms with Crippen molar-refractivity contribution in [2.45, 2.75) is 32.6 Å². The second-order valence-electron chi connectivity index (χ2n) is 5.22. The van der Waals surface area contributed by atoms with Crippen molar-refractivity contribution < 1.29 is 13.2 Å². The summed E-state index contributed by atoms with van der Waals surface area (Å²) >= 11 is 0. The van der Waals surface area contributed by atoms with Crippen LogP contribution in [0, 0.1) is 0 Å². The highest BCUT2D eigenvalue weighted by Gasteiger charge is 2.28. The SMILES string of the molecule is CCCCC(=O)NCCS(=O)(=O)N1CCc2ccccc21. The number of hydrogen-bond acceptors (Lipinski definition) is 3. The monoisotopic (exact) mass is 310 g/mol. The van der Waals surface area contributed by atoms with Crippen molar-refractivity contribution in [3.8, 4) is 0 Å². The largest absolute Gasteiger partial charge is 0.355 e. The Morgan fingerprint density at radius 1 is 1.33 bits per heavy atom. The van der Waals surface area contributed by atoms with Crippen molar-refractivity contribution in [2.24, 2.45) is 0 Å². The molecule has 0 saturated heterocycles. The highest BCUT2D eigenvalue weighted by molar-refractivity contribution is 7.92. The van der Waals surface area contributed by atoms with Crippen LogP contribution >= 0.6 is 0 Å². The lowest BCUT2D eigenvalue weighted by molar-refractivity contribution is -0.121. The van der Waals surface area contributed by atoms with Crippen molar-refractivity contribution in [3.05, 3.63) is 29.8 Å². The van der Waals surface area contributed by atoms with Crippen molar-refractivity contribution >= 4 is 21.6 Å². The number of sulfonamides is 1. The van der Waals surface area contributed by atoms with Crippen LogP contribution in [0.4, 0.5) is 5.69 Å². The Labute approximate surface area is 126 Å². The molecular weight excluding hydrogens is 288 g/mol. The molecule has 116 valence electrons. The number of carbonyl (C=O) groups is 1. The van der Waals surface area contributed by atoms with Crippen LogP contribution in [0.3, 0.4) is 0 Å². The number of fused-ring (bicyclic) bond motifs is 1. The van der Waals surface area contributed by atoms with E-state index in [4.69, 9.17) is 0 Å². The van der Waals surface area contributed by atoms with E-state index < -0.39 is 10.0 Å². The summed E-state index contributed by atoms with van der Waals surface area (Å²) in [6, 6.07) is 7.55. The van der Waals surface area contributed by atoms with E-state index in [0.717, 1.165) is 30.5 Å². The van der Waals surface area contributed by atoms with E-state index in [-0.39, 0.29) is 18.2 Å². The van der Waals surface area contributed by atoms with Crippen molar-refractivity contribution in [2.75, 3.05) is 23.1 Å². The number of para-hydroxylation sites is 1. The van der Waals surface area contributed by atoms with Gasteiger partial charge in [0.15, 0.2) is 0 Å². The molecule has 1 aromatic carbocycles. The van der Waals surface area contributed by atoms with Crippen LogP contribution in [-0.2, 0) is 21.2 Å². The van der Waals surface area contributed by atoms with Crippen LogP contribution in [0.25, 0.3) is 0 Å². The first kappa shape index (κ1) is 15.8. The standard InChI is InChI=1S/C15H22N2O3S/c1-2-3-8-15(18)16-10-12-21(19,20)17-11-9-13-6-4-5-7-14(13)17/h4-7H,2-3,8-12H2,1H3,(H,16,18). The fourth-order valence-corrected chi connectivity index (χ4v) is 3.88. The molecule has 0 unspecified atom stereocenters. The maximum atomic E-state index is 12.4. The third-order valence-corrected chi connectivity index (χ3v) is 5.39. The van der Waals surface area contributed by atoms with Gasteiger partial charge >= 0.3 is 0 Å². The van der Waals surface area contributed by atoms with Crippen LogP contribution in [0.15, 0.2) is 24.3 Å². The predicted molar refractivity (Wildman–Crippen MR) is 83.8 cm³/mol. The first-order valence-electron chi connectivity index (χ1n) is 7.39. The Balaban J connectivity index is 1.90. The highest BCUT2D eigenvalue weighted by atomic mass is 32.2. The van der Waals surface area contributed by atoms with Gasteiger partial charge in [0.2, 0.25) is 15.9 Å². The average Bonchev–Trinajstić information content (AvgIpc) is 2.89. The Hall–Kier alpha value is -1.56. The molecule has 0 radical (unpaired) electrons. The molecule has 2 rings (SSSR count). The van der Waals surface area contributed by atoms with E-state index in [9.17, 15) is 13.2 Å². The summed E-state index contributed by atoms with van der Waals surface area (Å²) in [5.74, 6) is -0.131. The summed E-state index contributed by atoms with van der Waals surface area (Å²) in [5.41, 5.74) is 1.84. The summed E-state index contributed by atoms with van der Waals surface area (Å²) in [7, 11) is -3.37. The molecule has 0 atom stereocenters. The zero-order valence-electron chi connectivity index (χ0n) is 12.3. The summed E-state index contributed by atoms with van der Waals surface area (Å²) in [6.07, 6.45) is 3.00. The van der Waals surface area contributed by atoms with Gasteiger partial charge in [-0.2, -0.15) is 0 Å². The Morgan fingerprint density at radius 3 is 2.86 bits per heavy atom. The van der Waals surface area contributed by atoms with Gasteiger partial charge in [-0.3, -0.25) is 9.10 Å². The number of nitrogens with one attached hydrogen (secondary N) is 1. The molecule has 5 nitrogen and oxygen atoms in total. The quantitative estimate of drug-likeness (QED) is 0.833. The predicted octanol–water partition coefficient (Wildman–Crippen LogP) is 1.69. The van der Waals surface area contributed by atoms with Crippen LogP contribution in [0.2, 0.25) is 0 Å². The van der Waals surface area contributed by atoms with E-state index in [1.165, 1.54) is 4.31 Å². The van der Waals surface area contributed by atoms with E-state index in [1.54, 1.807) is 0 Å². The molecular formula is C15H22N2O3S. The summed E-state index contributed by atoms with van der Waals surface area (Å²) < 4.78 is 26.2. The molecule has 0 aliphatic carbocycles. The Kier molecular flexibility index (Phi) is 5.22. The Morgan fingerprint density at radius 2 is 2.10 bits per heavy atom. The molecule has 1 N–H and O–H groups in total. The van der Waals surface area contributed by atoms with Gasteiger partial charge < -0.3 is 5.32 Å². The number of unbranched alkanes of at least 4 members (excludes halogenated alkanes) is 1. The van der Waals surface area contributed by atoms with Gasteiger partial charge in [0.1, 0.15) is 0 Å². The first-order valence-corrected chi connectivity index (χ1v) is 9.00. The lowest BCUT2D eigenvalue weighted by Crippen LogP contribution is -2.36. The molecule has 0 bridgehead atoms. The lowest BCUT2D eigenvalue weighted by atomic mass is 10.2. The van der Waals surface area contributed by atoms with Gasteiger partial charge in [0, 0.05) is 19.5 Å². The third kappa shape index (κ3) is 3.97. The van der Waals surface area contributed by atoms with Crippen LogP contribution < -0.4 is 9.62 Å². The summed E-state index contributed by atoms with van der Waals surface area (Å²) in [4.78, 5) is 11.5. The fourth-order valence-electron chi connectivity index (χ4n) is 2.45. The van der Waals surface area contributed by atoms with Crippen molar-refractivity contribution in [1.82, 2.24) is 5.32 Å². The van der Waals surface area contributed by atoms with Gasteiger partial charge in [-0.15, -0.1) is 0 Å².